The fourth-order valence-electron chi connectivity index (χ4n) is 7.83. The number of benzene rings is 4. The molecule has 1 nitrogen and oxygen atoms in total. The van der Waals surface area contributed by atoms with Crippen LogP contribution in [0.3, 0.4) is 0 Å². The lowest BCUT2D eigenvalue weighted by Crippen LogP contribution is -2.22. The number of aromatic nitrogens is 1. The molecule has 224 valence electrons. The quantitative estimate of drug-likeness (QED) is 0.181. The summed E-state index contributed by atoms with van der Waals surface area (Å²) < 4.78 is 2.65. The Morgan fingerprint density at radius 1 is 0.705 bits per heavy atom. The standard InChI is InChI=1S/C42H45NS/c1-25-21-35-36(42(8,9)19-12-18-41(35,6)7)24-33(25)29-15-16-31-32-17-20-43-37(39(32)44-38(31)26(29)2)28-22-27-13-10-11-14-30(27)34(23-28)40(3,4)5/h10-11,13-17,20-24H,12,18-19H2,1-9H3. The van der Waals surface area contributed by atoms with E-state index in [1.807, 2.05) is 17.5 Å². The van der Waals surface area contributed by atoms with Crippen LogP contribution >= 0.6 is 11.3 Å². The first-order chi connectivity index (χ1) is 20.8. The number of nitrogens with zero attached hydrogens (tertiary/aromatic N) is 1. The van der Waals surface area contributed by atoms with Gasteiger partial charge in [0.25, 0.3) is 0 Å². The first-order valence-corrected chi connectivity index (χ1v) is 17.1. The summed E-state index contributed by atoms with van der Waals surface area (Å²) in [5.41, 5.74) is 12.6. The Morgan fingerprint density at radius 3 is 2.11 bits per heavy atom. The second kappa shape index (κ2) is 10.0. The monoisotopic (exact) mass is 595 g/mol. The van der Waals surface area contributed by atoms with Gasteiger partial charge < -0.3 is 0 Å². The second-order valence-corrected chi connectivity index (χ2v) is 16.6. The van der Waals surface area contributed by atoms with Gasteiger partial charge in [-0.2, -0.15) is 0 Å². The number of hydrogen-bond donors (Lipinski definition) is 0. The first kappa shape index (κ1) is 29.2. The zero-order chi connectivity index (χ0) is 31.2. The Labute approximate surface area is 267 Å². The second-order valence-electron chi connectivity index (χ2n) is 15.6. The fourth-order valence-corrected chi connectivity index (χ4v) is 9.14. The van der Waals surface area contributed by atoms with Crippen LogP contribution in [-0.2, 0) is 16.2 Å². The SMILES string of the molecule is Cc1cc2c(cc1-c1ccc3c(sc4c(-c5cc(C(C)(C)C)c6ccccc6c5)nccc43)c1C)C(C)(C)CCCC2(C)C. The lowest BCUT2D eigenvalue weighted by molar-refractivity contribution is 0.433. The van der Waals surface area contributed by atoms with Crippen LogP contribution in [0, 0.1) is 13.8 Å². The van der Waals surface area contributed by atoms with E-state index in [4.69, 9.17) is 4.98 Å². The Bertz CT molecular complexity index is 2100. The van der Waals surface area contributed by atoms with Crippen LogP contribution in [0.25, 0.3) is 53.3 Å². The van der Waals surface area contributed by atoms with Crippen molar-refractivity contribution in [1.29, 1.82) is 0 Å². The molecule has 0 N–H and O–H groups in total. The Balaban J connectivity index is 1.44. The highest BCUT2D eigenvalue weighted by Gasteiger charge is 2.35. The normalized spacial score (nSPS) is 16.4. The molecule has 44 heavy (non-hydrogen) atoms. The molecule has 0 bridgehead atoms. The van der Waals surface area contributed by atoms with Crippen molar-refractivity contribution >= 4 is 42.3 Å². The first-order valence-electron chi connectivity index (χ1n) is 16.3. The molecular formula is C42H45NS. The smallest absolute Gasteiger partial charge is 0.0880 e. The van der Waals surface area contributed by atoms with E-state index in [9.17, 15) is 0 Å². The molecule has 0 aliphatic heterocycles. The lowest BCUT2D eigenvalue weighted by Gasteiger charge is -2.31. The topological polar surface area (TPSA) is 12.9 Å². The van der Waals surface area contributed by atoms with Crippen LogP contribution in [0.4, 0.5) is 0 Å². The van der Waals surface area contributed by atoms with Crippen molar-refractivity contribution in [2.24, 2.45) is 0 Å². The molecule has 0 saturated heterocycles. The van der Waals surface area contributed by atoms with Gasteiger partial charge in [0.05, 0.1) is 10.4 Å². The number of hydrogen-bond acceptors (Lipinski definition) is 2. The number of rotatable bonds is 2. The summed E-state index contributed by atoms with van der Waals surface area (Å²) in [6.45, 7) is 21.3. The van der Waals surface area contributed by atoms with E-state index in [2.05, 4.69) is 129 Å². The summed E-state index contributed by atoms with van der Waals surface area (Å²) in [5, 5.41) is 5.24. The van der Waals surface area contributed by atoms with Crippen LogP contribution < -0.4 is 0 Å². The number of thiophene rings is 1. The lowest BCUT2D eigenvalue weighted by atomic mass is 9.73. The molecular weight excluding hydrogens is 551 g/mol. The minimum absolute atomic E-state index is 0.0324. The largest absolute Gasteiger partial charge is 0.255 e. The van der Waals surface area contributed by atoms with Crippen molar-refractivity contribution < 1.29 is 0 Å². The van der Waals surface area contributed by atoms with E-state index in [0.717, 1.165) is 5.69 Å². The maximum absolute atomic E-state index is 5.02. The van der Waals surface area contributed by atoms with Crippen molar-refractivity contribution in [2.75, 3.05) is 0 Å². The predicted molar refractivity (Wildman–Crippen MR) is 194 cm³/mol. The van der Waals surface area contributed by atoms with Crippen LogP contribution in [0.15, 0.2) is 72.9 Å². The van der Waals surface area contributed by atoms with Gasteiger partial charge in [0, 0.05) is 27.2 Å². The average molecular weight is 596 g/mol. The molecule has 0 amide bonds. The van der Waals surface area contributed by atoms with E-state index < -0.39 is 0 Å². The van der Waals surface area contributed by atoms with Gasteiger partial charge in [-0.1, -0.05) is 103 Å². The molecule has 0 atom stereocenters. The minimum Gasteiger partial charge on any atom is -0.255 e. The van der Waals surface area contributed by atoms with Gasteiger partial charge in [-0.15, -0.1) is 11.3 Å². The highest BCUT2D eigenvalue weighted by atomic mass is 32.1. The molecule has 2 heterocycles. The van der Waals surface area contributed by atoms with E-state index in [1.54, 1.807) is 5.56 Å². The van der Waals surface area contributed by atoms with Crippen LogP contribution in [0.1, 0.15) is 95.5 Å². The Kier molecular flexibility index (Phi) is 6.65. The summed E-state index contributed by atoms with van der Waals surface area (Å²) in [7, 11) is 0. The molecule has 0 fully saturated rings. The maximum atomic E-state index is 5.02. The van der Waals surface area contributed by atoms with Crippen molar-refractivity contribution in [1.82, 2.24) is 4.98 Å². The maximum Gasteiger partial charge on any atom is 0.0880 e. The van der Waals surface area contributed by atoms with Gasteiger partial charge in [-0.3, -0.25) is 4.98 Å². The minimum atomic E-state index is 0.0324. The van der Waals surface area contributed by atoms with Crippen molar-refractivity contribution in [3.05, 3.63) is 101 Å². The molecule has 0 saturated carbocycles. The van der Waals surface area contributed by atoms with Crippen LogP contribution in [0.5, 0.6) is 0 Å². The number of fused-ring (bicyclic) bond motifs is 5. The summed E-state index contributed by atoms with van der Waals surface area (Å²) >= 11 is 1.91. The molecule has 1 aliphatic rings. The van der Waals surface area contributed by atoms with Crippen molar-refractivity contribution in [3.63, 3.8) is 0 Å². The summed E-state index contributed by atoms with van der Waals surface area (Å²) in [4.78, 5) is 5.02. The zero-order valence-electron chi connectivity index (χ0n) is 27.9. The van der Waals surface area contributed by atoms with Gasteiger partial charge in [0.15, 0.2) is 0 Å². The summed E-state index contributed by atoms with van der Waals surface area (Å²) in [6.07, 6.45) is 5.77. The van der Waals surface area contributed by atoms with Crippen LogP contribution in [0.2, 0.25) is 0 Å². The Morgan fingerprint density at radius 2 is 1.39 bits per heavy atom. The van der Waals surface area contributed by atoms with E-state index in [-0.39, 0.29) is 16.2 Å². The van der Waals surface area contributed by atoms with E-state index in [1.165, 1.54) is 89.2 Å². The molecule has 2 heteroatoms. The highest BCUT2D eigenvalue weighted by molar-refractivity contribution is 7.26. The third kappa shape index (κ3) is 4.60. The molecule has 0 radical (unpaired) electrons. The number of aryl methyl sites for hydroxylation is 2. The van der Waals surface area contributed by atoms with Gasteiger partial charge in [0.1, 0.15) is 0 Å². The number of pyridine rings is 1. The third-order valence-corrected chi connectivity index (χ3v) is 11.8. The molecule has 7 rings (SSSR count). The van der Waals surface area contributed by atoms with Gasteiger partial charge in [-0.05, 0) is 111 Å². The van der Waals surface area contributed by atoms with Gasteiger partial charge >= 0.3 is 0 Å². The molecule has 1 aliphatic carbocycles. The van der Waals surface area contributed by atoms with Crippen LogP contribution in [-0.4, -0.2) is 4.98 Å². The zero-order valence-corrected chi connectivity index (χ0v) is 28.7. The molecule has 0 unspecified atom stereocenters. The summed E-state index contributed by atoms with van der Waals surface area (Å²) in [6, 6.07) is 25.5. The molecule has 6 aromatic rings. The fraction of sp³-hybridized carbons (Fsp3) is 0.357. The average Bonchev–Trinajstić information content (AvgIpc) is 3.32. The third-order valence-electron chi connectivity index (χ3n) is 10.5. The van der Waals surface area contributed by atoms with E-state index >= 15 is 0 Å². The Hall–Kier alpha value is -3.49. The van der Waals surface area contributed by atoms with Gasteiger partial charge in [-0.25, -0.2) is 0 Å². The van der Waals surface area contributed by atoms with E-state index in [0.29, 0.717) is 0 Å². The van der Waals surface area contributed by atoms with Crippen molar-refractivity contribution in [2.45, 2.75) is 97.8 Å². The highest BCUT2D eigenvalue weighted by Crippen LogP contribution is 2.48. The molecule has 2 aromatic heterocycles. The van der Waals surface area contributed by atoms with Crippen molar-refractivity contribution in [3.8, 4) is 22.4 Å². The predicted octanol–water partition coefficient (Wildman–Crippen LogP) is 12.6. The van der Waals surface area contributed by atoms with Gasteiger partial charge in [0.2, 0.25) is 0 Å². The molecule has 4 aromatic carbocycles. The summed E-state index contributed by atoms with van der Waals surface area (Å²) in [5.74, 6) is 0. The molecule has 0 spiro atoms.